The van der Waals surface area contributed by atoms with Crippen LogP contribution in [0, 0.1) is 23.3 Å². The van der Waals surface area contributed by atoms with Crippen LogP contribution in [0.1, 0.15) is 5.56 Å². The number of benzene rings is 3. The molecule has 0 aliphatic heterocycles. The van der Waals surface area contributed by atoms with E-state index in [9.17, 15) is 32.2 Å². The summed E-state index contributed by atoms with van der Waals surface area (Å²) in [5.74, 6) is -21.5. The summed E-state index contributed by atoms with van der Waals surface area (Å²) >= 11 is 0. The molecule has 0 amide bonds. The lowest BCUT2D eigenvalue weighted by Gasteiger charge is -2.41. The van der Waals surface area contributed by atoms with Crippen molar-refractivity contribution in [3.63, 3.8) is 0 Å². The van der Waals surface area contributed by atoms with Gasteiger partial charge in [0.2, 0.25) is 11.7 Å². The Morgan fingerprint density at radius 1 is 0.684 bits per heavy atom. The Kier molecular flexibility index (Phi) is 6.51. The van der Waals surface area contributed by atoms with Crippen molar-refractivity contribution in [1.29, 1.82) is 0 Å². The van der Waals surface area contributed by atoms with Crippen LogP contribution in [0.3, 0.4) is 0 Å². The van der Waals surface area contributed by atoms with Gasteiger partial charge in [-0.3, -0.25) is 0 Å². The van der Waals surface area contributed by atoms with Crippen LogP contribution in [0.2, 0.25) is 0 Å². The molecule has 1 aliphatic rings. The number of aromatic hydroxyl groups is 2. The summed E-state index contributed by atoms with van der Waals surface area (Å²) in [6.45, 7) is 0. The van der Waals surface area contributed by atoms with E-state index < -0.39 is 98.2 Å². The Morgan fingerprint density at radius 3 is 1.82 bits per heavy atom. The van der Waals surface area contributed by atoms with Gasteiger partial charge in [0.05, 0.1) is 11.4 Å². The maximum absolute atomic E-state index is 15.7. The molecule has 2 unspecified atom stereocenters. The highest BCUT2D eigenvalue weighted by Crippen LogP contribution is 2.52. The Labute approximate surface area is 207 Å². The molecule has 200 valence electrons. The third-order valence-corrected chi connectivity index (χ3v) is 5.55. The highest BCUT2D eigenvalue weighted by atomic mass is 19.2. The first-order valence-corrected chi connectivity index (χ1v) is 10.3. The van der Waals surface area contributed by atoms with Crippen molar-refractivity contribution >= 4 is 11.4 Å². The molecule has 2 atom stereocenters. The number of rotatable bonds is 5. The van der Waals surface area contributed by atoms with Crippen molar-refractivity contribution in [3.05, 3.63) is 94.6 Å². The number of nitrogen functional groups attached to an aromatic ring is 2. The van der Waals surface area contributed by atoms with Crippen LogP contribution >= 0.6 is 0 Å². The number of halogens is 8. The normalized spacial score (nSPS) is 19.6. The molecule has 0 bridgehead atoms. The minimum absolute atomic E-state index is 0.164. The minimum atomic E-state index is -3.75. The van der Waals surface area contributed by atoms with E-state index in [0.29, 0.717) is 0 Å². The number of hydrogen-bond acceptors (Lipinski definition) is 6. The molecule has 0 spiro atoms. The molecule has 3 aromatic carbocycles. The summed E-state index contributed by atoms with van der Waals surface area (Å²) in [4.78, 5) is 0. The first-order chi connectivity index (χ1) is 17.8. The molecular formula is C24H14F8N2O4. The van der Waals surface area contributed by atoms with Gasteiger partial charge in [0.25, 0.3) is 0 Å². The SMILES string of the molecule is Nc1cc(OC2C(F)=C(F)C(F)=C(F)C2(Oc2ccc(O)c(N)c2)c2cc(F)c(F)c(F)c2F)ccc1O. The van der Waals surface area contributed by atoms with Crippen molar-refractivity contribution in [3.8, 4) is 23.0 Å². The van der Waals surface area contributed by atoms with Crippen molar-refractivity contribution in [2.24, 2.45) is 0 Å². The molecule has 1 aliphatic carbocycles. The zero-order chi connectivity index (χ0) is 28.1. The quantitative estimate of drug-likeness (QED) is 0.105. The van der Waals surface area contributed by atoms with Gasteiger partial charge in [0.15, 0.2) is 46.6 Å². The Hall–Kier alpha value is -4.62. The molecule has 3 aromatic rings. The van der Waals surface area contributed by atoms with E-state index in [4.69, 9.17) is 20.9 Å². The lowest BCUT2D eigenvalue weighted by molar-refractivity contribution is -0.0358. The van der Waals surface area contributed by atoms with Crippen LogP contribution < -0.4 is 20.9 Å². The van der Waals surface area contributed by atoms with E-state index in [2.05, 4.69) is 0 Å². The van der Waals surface area contributed by atoms with Gasteiger partial charge in [-0.25, -0.2) is 35.1 Å². The second-order valence-electron chi connectivity index (χ2n) is 7.91. The zero-order valence-electron chi connectivity index (χ0n) is 18.5. The lowest BCUT2D eigenvalue weighted by atomic mass is 9.81. The number of anilines is 2. The fraction of sp³-hybridized carbons (Fsp3) is 0.0833. The summed E-state index contributed by atoms with van der Waals surface area (Å²) in [6.07, 6.45) is -2.93. The highest BCUT2D eigenvalue weighted by molar-refractivity contribution is 5.57. The van der Waals surface area contributed by atoms with E-state index in [0.717, 1.165) is 36.4 Å². The summed E-state index contributed by atoms with van der Waals surface area (Å²) in [7, 11) is 0. The van der Waals surface area contributed by atoms with Crippen LogP contribution in [0.4, 0.5) is 46.5 Å². The number of hydrogen-bond donors (Lipinski definition) is 4. The third kappa shape index (κ3) is 4.07. The minimum Gasteiger partial charge on any atom is -0.506 e. The maximum Gasteiger partial charge on any atom is 0.234 e. The second kappa shape index (κ2) is 9.36. The smallest absolute Gasteiger partial charge is 0.234 e. The predicted octanol–water partition coefficient (Wildman–Crippen LogP) is 5.86. The number of ether oxygens (including phenoxy) is 2. The highest BCUT2D eigenvalue weighted by Gasteiger charge is 2.60. The monoisotopic (exact) mass is 546 g/mol. The molecule has 14 heteroatoms. The summed E-state index contributed by atoms with van der Waals surface area (Å²) in [5, 5.41) is 19.2. The molecule has 6 N–H and O–H groups in total. The molecule has 0 saturated heterocycles. The van der Waals surface area contributed by atoms with Gasteiger partial charge < -0.3 is 31.2 Å². The maximum atomic E-state index is 15.7. The van der Waals surface area contributed by atoms with Gasteiger partial charge >= 0.3 is 0 Å². The standard InChI is InChI=1S/C24H14F8N2O4/c25-11-7-10(16(26)18(28)17(11)27)24(38-9-2-4-15(36)13(34)6-9)22(32)20(30)19(29)21(31)23(24)37-8-1-3-14(35)12(33)5-8/h1-7,23,35-36H,33-34H2. The van der Waals surface area contributed by atoms with Crippen molar-refractivity contribution in [2.45, 2.75) is 11.7 Å². The van der Waals surface area contributed by atoms with E-state index in [-0.39, 0.29) is 6.07 Å². The van der Waals surface area contributed by atoms with Crippen LogP contribution in [-0.4, -0.2) is 16.3 Å². The molecule has 0 radical (unpaired) electrons. The van der Waals surface area contributed by atoms with Crippen molar-refractivity contribution < 1.29 is 54.8 Å². The fourth-order valence-corrected chi connectivity index (χ4v) is 3.69. The largest absolute Gasteiger partial charge is 0.506 e. The molecule has 4 rings (SSSR count). The van der Waals surface area contributed by atoms with Crippen LogP contribution in [0.15, 0.2) is 65.8 Å². The first-order valence-electron chi connectivity index (χ1n) is 10.3. The molecule has 0 fully saturated rings. The van der Waals surface area contributed by atoms with Gasteiger partial charge in [-0.15, -0.1) is 0 Å². The fourth-order valence-electron chi connectivity index (χ4n) is 3.69. The van der Waals surface area contributed by atoms with Gasteiger partial charge in [-0.05, 0) is 30.3 Å². The third-order valence-electron chi connectivity index (χ3n) is 5.55. The number of phenolic OH excluding ortho intramolecular Hbond substituents is 2. The van der Waals surface area contributed by atoms with E-state index in [1.807, 2.05) is 0 Å². The number of nitrogens with two attached hydrogens (primary N) is 2. The second-order valence-corrected chi connectivity index (χ2v) is 7.91. The average Bonchev–Trinajstić information content (AvgIpc) is 2.88. The van der Waals surface area contributed by atoms with Crippen LogP contribution in [-0.2, 0) is 5.60 Å². The average molecular weight is 546 g/mol. The summed E-state index contributed by atoms with van der Waals surface area (Å²) in [6, 6.07) is 4.88. The molecular weight excluding hydrogens is 532 g/mol. The zero-order valence-corrected chi connectivity index (χ0v) is 18.5. The van der Waals surface area contributed by atoms with Crippen LogP contribution in [0.5, 0.6) is 23.0 Å². The van der Waals surface area contributed by atoms with E-state index in [1.165, 1.54) is 0 Å². The van der Waals surface area contributed by atoms with Gasteiger partial charge in [0, 0.05) is 17.7 Å². The molecule has 0 aromatic heterocycles. The predicted molar refractivity (Wildman–Crippen MR) is 117 cm³/mol. The topological polar surface area (TPSA) is 111 Å². The number of phenols is 2. The molecule has 0 heterocycles. The Balaban J connectivity index is 2.07. The molecule has 38 heavy (non-hydrogen) atoms. The number of allylic oxidation sites excluding steroid dienone is 2. The van der Waals surface area contributed by atoms with Gasteiger partial charge in [-0.1, -0.05) is 0 Å². The lowest BCUT2D eigenvalue weighted by Crippen LogP contribution is -2.52. The van der Waals surface area contributed by atoms with Crippen molar-refractivity contribution in [2.75, 3.05) is 11.5 Å². The van der Waals surface area contributed by atoms with Crippen LogP contribution in [0.25, 0.3) is 0 Å². The van der Waals surface area contributed by atoms with E-state index >= 15 is 13.2 Å². The van der Waals surface area contributed by atoms with Gasteiger partial charge in [-0.2, -0.15) is 0 Å². The molecule has 0 saturated carbocycles. The molecule has 6 nitrogen and oxygen atoms in total. The van der Waals surface area contributed by atoms with E-state index in [1.54, 1.807) is 0 Å². The van der Waals surface area contributed by atoms with Gasteiger partial charge in [0.1, 0.15) is 23.0 Å². The Bertz CT molecular complexity index is 1530. The summed E-state index contributed by atoms with van der Waals surface area (Å²) < 4.78 is 128. The summed E-state index contributed by atoms with van der Waals surface area (Å²) in [5.41, 5.74) is 4.78. The first kappa shape index (κ1) is 26.4. The Morgan fingerprint density at radius 2 is 1.24 bits per heavy atom. The van der Waals surface area contributed by atoms with Crippen molar-refractivity contribution in [1.82, 2.24) is 0 Å².